The van der Waals surface area contributed by atoms with E-state index in [0.29, 0.717) is 19.1 Å². The molecule has 4 heteroatoms. The van der Waals surface area contributed by atoms with Crippen molar-refractivity contribution in [3.63, 3.8) is 0 Å². The Labute approximate surface area is 98.3 Å². The summed E-state index contributed by atoms with van der Waals surface area (Å²) in [5.74, 6) is 0.604. The van der Waals surface area contributed by atoms with Crippen LogP contribution in [0.25, 0.3) is 0 Å². The first-order chi connectivity index (χ1) is 7.68. The second kappa shape index (κ2) is 8.01. The topological polar surface area (TPSA) is 50.7 Å². The molecule has 1 heterocycles. The molecule has 0 saturated carbocycles. The minimum absolute atomic E-state index is 0.182. The molecule has 0 aromatic heterocycles. The van der Waals surface area contributed by atoms with E-state index < -0.39 is 6.10 Å². The highest BCUT2D eigenvalue weighted by atomic mass is 16.5. The highest BCUT2D eigenvalue weighted by Crippen LogP contribution is 2.11. The van der Waals surface area contributed by atoms with Crippen molar-refractivity contribution in [1.82, 2.24) is 5.32 Å². The van der Waals surface area contributed by atoms with E-state index in [9.17, 15) is 5.11 Å². The van der Waals surface area contributed by atoms with Gasteiger partial charge in [0.2, 0.25) is 0 Å². The standard InChI is InChI=1S/C12H25NO3/c1-10(2)16-9-12(14)7-13-6-11-4-3-5-15-8-11/h10-14H,3-9H2,1-2H3. The maximum absolute atomic E-state index is 9.61. The summed E-state index contributed by atoms with van der Waals surface area (Å²) in [6.45, 7) is 7.64. The quantitative estimate of drug-likeness (QED) is 0.680. The van der Waals surface area contributed by atoms with E-state index >= 15 is 0 Å². The molecule has 0 aromatic carbocycles. The van der Waals surface area contributed by atoms with Gasteiger partial charge in [-0.25, -0.2) is 0 Å². The fourth-order valence-electron chi connectivity index (χ4n) is 1.78. The monoisotopic (exact) mass is 231 g/mol. The predicted octanol–water partition coefficient (Wildman–Crippen LogP) is 0.788. The van der Waals surface area contributed by atoms with Crippen molar-refractivity contribution in [2.75, 3.05) is 32.9 Å². The normalized spacial score (nSPS) is 23.6. The largest absolute Gasteiger partial charge is 0.389 e. The summed E-state index contributed by atoms with van der Waals surface area (Å²) < 4.78 is 10.7. The van der Waals surface area contributed by atoms with Gasteiger partial charge >= 0.3 is 0 Å². The van der Waals surface area contributed by atoms with Gasteiger partial charge in [-0.2, -0.15) is 0 Å². The third-order valence-electron chi connectivity index (χ3n) is 2.69. The van der Waals surface area contributed by atoms with Crippen LogP contribution >= 0.6 is 0 Å². The third kappa shape index (κ3) is 6.43. The van der Waals surface area contributed by atoms with Gasteiger partial charge in [0, 0.05) is 19.7 Å². The molecule has 0 radical (unpaired) electrons. The van der Waals surface area contributed by atoms with E-state index in [1.54, 1.807) is 0 Å². The number of aliphatic hydroxyl groups is 1. The van der Waals surface area contributed by atoms with E-state index in [2.05, 4.69) is 5.32 Å². The second-order valence-electron chi connectivity index (χ2n) is 4.78. The van der Waals surface area contributed by atoms with E-state index in [0.717, 1.165) is 26.2 Å². The molecule has 0 amide bonds. The molecule has 0 spiro atoms. The molecule has 16 heavy (non-hydrogen) atoms. The molecule has 0 aliphatic carbocycles. The Morgan fingerprint density at radius 2 is 2.31 bits per heavy atom. The lowest BCUT2D eigenvalue weighted by Crippen LogP contribution is -2.36. The summed E-state index contributed by atoms with van der Waals surface area (Å²) in [5, 5.41) is 12.9. The molecule has 1 rings (SSSR count). The van der Waals surface area contributed by atoms with E-state index in [4.69, 9.17) is 9.47 Å². The molecule has 96 valence electrons. The zero-order valence-corrected chi connectivity index (χ0v) is 10.4. The molecule has 2 unspecified atom stereocenters. The number of hydrogen-bond acceptors (Lipinski definition) is 4. The predicted molar refractivity (Wildman–Crippen MR) is 63.5 cm³/mol. The fourth-order valence-corrected chi connectivity index (χ4v) is 1.78. The van der Waals surface area contributed by atoms with Gasteiger partial charge in [0.25, 0.3) is 0 Å². The van der Waals surface area contributed by atoms with Gasteiger partial charge in [0.1, 0.15) is 0 Å². The number of aliphatic hydroxyl groups excluding tert-OH is 1. The van der Waals surface area contributed by atoms with E-state index in [1.807, 2.05) is 13.8 Å². The molecule has 1 saturated heterocycles. The van der Waals surface area contributed by atoms with Gasteiger partial charge in [0.05, 0.1) is 25.4 Å². The van der Waals surface area contributed by atoms with Crippen LogP contribution in [0.15, 0.2) is 0 Å². The van der Waals surface area contributed by atoms with Crippen molar-refractivity contribution in [1.29, 1.82) is 0 Å². The Kier molecular flexibility index (Phi) is 6.96. The summed E-state index contributed by atoms with van der Waals surface area (Å²) in [6, 6.07) is 0. The number of hydrogen-bond donors (Lipinski definition) is 2. The summed E-state index contributed by atoms with van der Waals surface area (Å²) in [6.07, 6.45) is 2.16. The van der Waals surface area contributed by atoms with Crippen LogP contribution in [0, 0.1) is 5.92 Å². The van der Waals surface area contributed by atoms with Crippen LogP contribution in [0.4, 0.5) is 0 Å². The molecule has 0 aromatic rings. The first-order valence-electron chi connectivity index (χ1n) is 6.26. The molecule has 1 aliphatic rings. The first kappa shape index (κ1) is 13.9. The van der Waals surface area contributed by atoms with Gasteiger partial charge in [-0.15, -0.1) is 0 Å². The molecule has 0 bridgehead atoms. The Balaban J connectivity index is 1.96. The van der Waals surface area contributed by atoms with Crippen molar-refractivity contribution in [2.24, 2.45) is 5.92 Å². The van der Waals surface area contributed by atoms with E-state index in [-0.39, 0.29) is 6.10 Å². The zero-order valence-electron chi connectivity index (χ0n) is 10.4. The highest BCUT2D eigenvalue weighted by molar-refractivity contribution is 4.67. The lowest BCUT2D eigenvalue weighted by atomic mass is 10.0. The maximum atomic E-state index is 9.61. The van der Waals surface area contributed by atoms with Crippen molar-refractivity contribution in [3.05, 3.63) is 0 Å². The Morgan fingerprint density at radius 1 is 1.50 bits per heavy atom. The smallest absolute Gasteiger partial charge is 0.0897 e. The number of nitrogens with one attached hydrogen (secondary N) is 1. The molecule has 1 aliphatic heterocycles. The molecule has 1 fully saturated rings. The SMILES string of the molecule is CC(C)OCC(O)CNCC1CCCOC1. The molecule has 4 nitrogen and oxygen atoms in total. The summed E-state index contributed by atoms with van der Waals surface area (Å²) in [4.78, 5) is 0. The lowest BCUT2D eigenvalue weighted by Gasteiger charge is -2.23. The summed E-state index contributed by atoms with van der Waals surface area (Å²) in [7, 11) is 0. The Morgan fingerprint density at radius 3 is 2.94 bits per heavy atom. The van der Waals surface area contributed by atoms with Gasteiger partial charge in [0.15, 0.2) is 0 Å². The number of rotatable bonds is 7. The van der Waals surface area contributed by atoms with Crippen LogP contribution in [0.5, 0.6) is 0 Å². The molecule has 2 N–H and O–H groups in total. The second-order valence-corrected chi connectivity index (χ2v) is 4.78. The lowest BCUT2D eigenvalue weighted by molar-refractivity contribution is 0.00461. The van der Waals surface area contributed by atoms with E-state index in [1.165, 1.54) is 6.42 Å². The van der Waals surface area contributed by atoms with Crippen molar-refractivity contribution in [3.8, 4) is 0 Å². The van der Waals surface area contributed by atoms with Crippen LogP contribution in [-0.2, 0) is 9.47 Å². The Hall–Kier alpha value is -0.160. The van der Waals surface area contributed by atoms with Crippen LogP contribution in [-0.4, -0.2) is 50.2 Å². The number of ether oxygens (including phenoxy) is 2. The van der Waals surface area contributed by atoms with Gasteiger partial charge < -0.3 is 19.9 Å². The van der Waals surface area contributed by atoms with Crippen molar-refractivity contribution in [2.45, 2.75) is 38.9 Å². The molecular formula is C12H25NO3. The van der Waals surface area contributed by atoms with Crippen molar-refractivity contribution >= 4 is 0 Å². The van der Waals surface area contributed by atoms with Crippen LogP contribution in [0.2, 0.25) is 0 Å². The Bertz CT molecular complexity index is 170. The van der Waals surface area contributed by atoms with Gasteiger partial charge in [-0.05, 0) is 32.6 Å². The molecule has 2 atom stereocenters. The average Bonchev–Trinajstić information content (AvgIpc) is 2.28. The van der Waals surface area contributed by atoms with Crippen LogP contribution in [0.1, 0.15) is 26.7 Å². The van der Waals surface area contributed by atoms with Crippen LogP contribution in [0.3, 0.4) is 0 Å². The minimum atomic E-state index is -0.410. The molecular weight excluding hydrogens is 206 g/mol. The first-order valence-corrected chi connectivity index (χ1v) is 6.26. The third-order valence-corrected chi connectivity index (χ3v) is 2.69. The zero-order chi connectivity index (χ0) is 11.8. The average molecular weight is 231 g/mol. The van der Waals surface area contributed by atoms with Crippen molar-refractivity contribution < 1.29 is 14.6 Å². The summed E-state index contributed by atoms with van der Waals surface area (Å²) in [5.41, 5.74) is 0. The van der Waals surface area contributed by atoms with Gasteiger partial charge in [-0.1, -0.05) is 0 Å². The minimum Gasteiger partial charge on any atom is -0.389 e. The summed E-state index contributed by atoms with van der Waals surface area (Å²) >= 11 is 0. The highest BCUT2D eigenvalue weighted by Gasteiger charge is 2.14. The van der Waals surface area contributed by atoms with Gasteiger partial charge in [-0.3, -0.25) is 0 Å². The van der Waals surface area contributed by atoms with Crippen LogP contribution < -0.4 is 5.32 Å². The maximum Gasteiger partial charge on any atom is 0.0897 e. The fraction of sp³-hybridized carbons (Fsp3) is 1.00.